The summed E-state index contributed by atoms with van der Waals surface area (Å²) in [5.41, 5.74) is 2.50. The summed E-state index contributed by atoms with van der Waals surface area (Å²) < 4.78 is 0. The maximum Gasteiger partial charge on any atom is 0.0971 e. The molecular weight excluding hydrogens is 382 g/mol. The van der Waals surface area contributed by atoms with Crippen molar-refractivity contribution in [3.63, 3.8) is 0 Å². The van der Waals surface area contributed by atoms with Crippen LogP contribution in [-0.2, 0) is 0 Å². The molecule has 0 aliphatic heterocycles. The molecule has 0 radical (unpaired) electrons. The molecule has 1 fully saturated rings. The first-order valence-corrected chi connectivity index (χ1v) is 12.4. The molecule has 0 spiro atoms. The van der Waals surface area contributed by atoms with Gasteiger partial charge in [0.15, 0.2) is 0 Å². The summed E-state index contributed by atoms with van der Waals surface area (Å²) in [6, 6.07) is 11.0. The number of hydrogen-bond acceptors (Lipinski definition) is 3. The predicted octanol–water partition coefficient (Wildman–Crippen LogP) is 5.90. The molecule has 5 atom stereocenters. The summed E-state index contributed by atoms with van der Waals surface area (Å²) in [6.45, 7) is 10.4. The smallest absolute Gasteiger partial charge is 0.0971 e. The van der Waals surface area contributed by atoms with Gasteiger partial charge in [-0.1, -0.05) is 60.6 Å². The molecule has 0 heterocycles. The summed E-state index contributed by atoms with van der Waals surface area (Å²) in [5.74, 6) is 1.16. The molecule has 2 aliphatic carbocycles. The fourth-order valence-corrected chi connectivity index (χ4v) is 5.72. The Morgan fingerprint density at radius 1 is 1.03 bits per heavy atom. The van der Waals surface area contributed by atoms with Crippen LogP contribution in [0.4, 0.5) is 0 Å². The Hall–Kier alpha value is -1.42. The van der Waals surface area contributed by atoms with E-state index in [0.29, 0.717) is 23.9 Å². The van der Waals surface area contributed by atoms with Gasteiger partial charge >= 0.3 is 0 Å². The normalized spacial score (nSPS) is 26.9. The SMILES string of the molecule is CC(C)N(CCCCCC1=C[C@H]2C[C@@H](O)[C@H](C=C[C@@H](O)c3ccccc3)[C@H]2C1)C(C)C. The number of unbranched alkanes of at least 4 members (excludes halogenated alkanes) is 2. The molecule has 0 amide bonds. The number of rotatable bonds is 11. The zero-order chi connectivity index (χ0) is 22.4. The quantitative estimate of drug-likeness (QED) is 0.343. The maximum atomic E-state index is 10.6. The summed E-state index contributed by atoms with van der Waals surface area (Å²) in [6.07, 6.45) is 12.5. The van der Waals surface area contributed by atoms with Gasteiger partial charge in [-0.2, -0.15) is 0 Å². The number of aliphatic hydroxyl groups excluding tert-OH is 2. The Balaban J connectivity index is 1.44. The monoisotopic (exact) mass is 425 g/mol. The highest BCUT2D eigenvalue weighted by Gasteiger charge is 2.43. The van der Waals surface area contributed by atoms with E-state index < -0.39 is 6.10 Å². The van der Waals surface area contributed by atoms with Crippen molar-refractivity contribution in [3.8, 4) is 0 Å². The minimum Gasteiger partial charge on any atom is -0.392 e. The van der Waals surface area contributed by atoms with Crippen LogP contribution in [0.2, 0.25) is 0 Å². The van der Waals surface area contributed by atoms with Crippen LogP contribution >= 0.6 is 0 Å². The third kappa shape index (κ3) is 6.54. The molecule has 1 saturated carbocycles. The van der Waals surface area contributed by atoms with Crippen molar-refractivity contribution in [1.29, 1.82) is 0 Å². The second kappa shape index (κ2) is 11.4. The number of hydrogen-bond donors (Lipinski definition) is 2. The van der Waals surface area contributed by atoms with E-state index in [1.807, 2.05) is 36.4 Å². The minimum atomic E-state index is -0.600. The molecule has 3 nitrogen and oxygen atoms in total. The third-order valence-electron chi connectivity index (χ3n) is 7.35. The highest BCUT2D eigenvalue weighted by molar-refractivity contribution is 5.24. The number of allylic oxidation sites excluding steroid dienone is 2. The molecule has 2 aliphatic rings. The van der Waals surface area contributed by atoms with E-state index in [-0.39, 0.29) is 12.0 Å². The third-order valence-corrected chi connectivity index (χ3v) is 7.35. The van der Waals surface area contributed by atoms with Crippen molar-refractivity contribution in [2.75, 3.05) is 6.54 Å². The van der Waals surface area contributed by atoms with Gasteiger partial charge < -0.3 is 10.2 Å². The van der Waals surface area contributed by atoms with Gasteiger partial charge in [-0.15, -0.1) is 0 Å². The van der Waals surface area contributed by atoms with Gasteiger partial charge in [0.2, 0.25) is 0 Å². The summed E-state index contributed by atoms with van der Waals surface area (Å²) in [5, 5.41) is 21.0. The number of aliphatic hydroxyl groups is 2. The molecule has 1 aromatic rings. The lowest BCUT2D eigenvalue weighted by atomic mass is 9.88. The number of nitrogens with zero attached hydrogens (tertiary/aromatic N) is 1. The largest absolute Gasteiger partial charge is 0.392 e. The fraction of sp³-hybridized carbons (Fsp3) is 0.643. The first kappa shape index (κ1) is 24.2. The molecule has 1 aromatic carbocycles. The van der Waals surface area contributed by atoms with Gasteiger partial charge in [0.05, 0.1) is 12.2 Å². The first-order valence-electron chi connectivity index (χ1n) is 12.4. The summed E-state index contributed by atoms with van der Waals surface area (Å²) in [7, 11) is 0. The topological polar surface area (TPSA) is 43.7 Å². The van der Waals surface area contributed by atoms with Crippen molar-refractivity contribution >= 4 is 0 Å². The zero-order valence-electron chi connectivity index (χ0n) is 20.0. The van der Waals surface area contributed by atoms with Gasteiger partial charge in [0, 0.05) is 18.0 Å². The lowest BCUT2D eigenvalue weighted by molar-refractivity contribution is 0.140. The van der Waals surface area contributed by atoms with Crippen LogP contribution in [0.3, 0.4) is 0 Å². The maximum absolute atomic E-state index is 10.6. The average Bonchev–Trinajstić information content (AvgIpc) is 3.25. The summed E-state index contributed by atoms with van der Waals surface area (Å²) >= 11 is 0. The second-order valence-corrected chi connectivity index (χ2v) is 10.2. The van der Waals surface area contributed by atoms with Crippen LogP contribution in [0.5, 0.6) is 0 Å². The minimum absolute atomic E-state index is 0.155. The van der Waals surface area contributed by atoms with Gasteiger partial charge in [0.25, 0.3) is 0 Å². The zero-order valence-corrected chi connectivity index (χ0v) is 20.0. The van der Waals surface area contributed by atoms with Crippen LogP contribution in [0.15, 0.2) is 54.1 Å². The lowest BCUT2D eigenvalue weighted by Crippen LogP contribution is -2.37. The average molecular weight is 426 g/mol. The molecule has 0 bridgehead atoms. The Morgan fingerprint density at radius 3 is 2.42 bits per heavy atom. The molecule has 0 aromatic heterocycles. The van der Waals surface area contributed by atoms with Crippen molar-refractivity contribution in [1.82, 2.24) is 4.90 Å². The van der Waals surface area contributed by atoms with E-state index in [1.54, 1.807) is 5.57 Å². The Labute approximate surface area is 189 Å². The highest BCUT2D eigenvalue weighted by atomic mass is 16.3. The molecule has 0 saturated heterocycles. The predicted molar refractivity (Wildman–Crippen MR) is 130 cm³/mol. The van der Waals surface area contributed by atoms with E-state index in [0.717, 1.165) is 18.4 Å². The van der Waals surface area contributed by atoms with Crippen LogP contribution in [-0.4, -0.2) is 39.8 Å². The van der Waals surface area contributed by atoms with Crippen LogP contribution in [0.1, 0.15) is 77.9 Å². The van der Waals surface area contributed by atoms with E-state index in [2.05, 4.69) is 44.7 Å². The summed E-state index contributed by atoms with van der Waals surface area (Å²) in [4.78, 5) is 2.58. The second-order valence-electron chi connectivity index (χ2n) is 10.2. The number of benzene rings is 1. The van der Waals surface area contributed by atoms with Crippen molar-refractivity contribution in [2.24, 2.45) is 17.8 Å². The first-order chi connectivity index (χ1) is 14.9. The van der Waals surface area contributed by atoms with E-state index in [1.165, 1.54) is 32.2 Å². The fourth-order valence-electron chi connectivity index (χ4n) is 5.72. The Kier molecular flexibility index (Phi) is 8.95. The van der Waals surface area contributed by atoms with Crippen molar-refractivity contribution in [2.45, 2.75) is 90.5 Å². The van der Waals surface area contributed by atoms with Gasteiger partial charge in [-0.05, 0) is 83.7 Å². The van der Waals surface area contributed by atoms with Gasteiger partial charge in [-0.25, -0.2) is 0 Å². The highest BCUT2D eigenvalue weighted by Crippen LogP contribution is 2.48. The van der Waals surface area contributed by atoms with Crippen LogP contribution < -0.4 is 0 Å². The molecule has 3 heteroatoms. The molecular formula is C28H43NO2. The Morgan fingerprint density at radius 2 is 1.74 bits per heavy atom. The van der Waals surface area contributed by atoms with Crippen molar-refractivity contribution < 1.29 is 10.2 Å². The van der Waals surface area contributed by atoms with Crippen LogP contribution in [0.25, 0.3) is 0 Å². The number of fused-ring (bicyclic) bond motifs is 1. The standard InChI is InChI=1S/C28H43NO2/c1-20(2)29(21(3)4)16-10-6-7-11-22-17-24-19-28(31)25(26(24)18-22)14-15-27(30)23-12-8-5-9-13-23/h5,8-9,12-15,17,20-21,24-28,30-31H,6-7,10-11,16,18-19H2,1-4H3/t24-,25+,26-,27+,28+/m0/s1. The molecule has 3 rings (SSSR count). The Bertz CT molecular complexity index is 716. The molecule has 0 unspecified atom stereocenters. The van der Waals surface area contributed by atoms with Gasteiger partial charge in [0.1, 0.15) is 0 Å². The van der Waals surface area contributed by atoms with Crippen LogP contribution in [0, 0.1) is 17.8 Å². The van der Waals surface area contributed by atoms with E-state index in [9.17, 15) is 10.2 Å². The molecule has 172 valence electrons. The van der Waals surface area contributed by atoms with E-state index >= 15 is 0 Å². The molecule has 31 heavy (non-hydrogen) atoms. The lowest BCUT2D eigenvalue weighted by Gasteiger charge is -2.30. The van der Waals surface area contributed by atoms with E-state index in [4.69, 9.17) is 0 Å². The van der Waals surface area contributed by atoms with Crippen molar-refractivity contribution in [3.05, 3.63) is 59.7 Å². The molecule has 2 N–H and O–H groups in total. The van der Waals surface area contributed by atoms with Gasteiger partial charge in [-0.3, -0.25) is 4.90 Å².